The van der Waals surface area contributed by atoms with Crippen LogP contribution >= 0.6 is 11.3 Å². The molecule has 17 heavy (non-hydrogen) atoms. The monoisotopic (exact) mass is 249 g/mol. The first kappa shape index (κ1) is 11.5. The summed E-state index contributed by atoms with van der Waals surface area (Å²) in [5.74, 6) is -0.261. The Morgan fingerprint density at radius 3 is 2.82 bits per heavy atom. The zero-order valence-corrected chi connectivity index (χ0v) is 10.2. The van der Waals surface area contributed by atoms with Crippen molar-refractivity contribution < 1.29 is 9.53 Å². The zero-order chi connectivity index (χ0) is 12.4. The number of carbonyl (C=O) groups excluding carboxylic acids is 1. The number of thiazole rings is 1. The second-order valence-corrected chi connectivity index (χ2v) is 4.41. The molecule has 88 valence electrons. The minimum atomic E-state index is -0.531. The van der Waals surface area contributed by atoms with Crippen molar-refractivity contribution in [2.45, 2.75) is 6.92 Å². The first-order chi connectivity index (χ1) is 8.11. The van der Waals surface area contributed by atoms with E-state index in [1.54, 1.807) is 6.20 Å². The van der Waals surface area contributed by atoms with Crippen molar-refractivity contribution in [2.24, 2.45) is 5.73 Å². The quantitative estimate of drug-likeness (QED) is 0.896. The first-order valence-electron chi connectivity index (χ1n) is 4.89. The predicted molar refractivity (Wildman–Crippen MR) is 65.2 cm³/mol. The number of aryl methyl sites for hydroxylation is 1. The molecule has 2 rings (SSSR count). The highest BCUT2D eigenvalue weighted by Crippen LogP contribution is 2.31. The van der Waals surface area contributed by atoms with Gasteiger partial charge in [-0.15, -0.1) is 11.3 Å². The fourth-order valence-corrected chi connectivity index (χ4v) is 2.29. The summed E-state index contributed by atoms with van der Waals surface area (Å²) in [6.07, 6.45) is 1.70. The second kappa shape index (κ2) is 4.50. The average molecular weight is 249 g/mol. The number of ether oxygens (including phenoxy) is 1. The largest absolute Gasteiger partial charge is 0.480 e. The maximum Gasteiger partial charge on any atom is 0.264 e. The average Bonchev–Trinajstić information content (AvgIpc) is 2.73. The fraction of sp³-hybridized carbons (Fsp3) is 0.182. The SMILES string of the molecule is COc1nc(-c2ccnc(C)c2)sc1C(N)=O. The third-order valence-electron chi connectivity index (χ3n) is 2.16. The van der Waals surface area contributed by atoms with E-state index >= 15 is 0 Å². The van der Waals surface area contributed by atoms with E-state index in [0.29, 0.717) is 9.88 Å². The van der Waals surface area contributed by atoms with Gasteiger partial charge < -0.3 is 10.5 Å². The molecule has 2 aromatic rings. The summed E-state index contributed by atoms with van der Waals surface area (Å²) in [5.41, 5.74) is 7.03. The highest BCUT2D eigenvalue weighted by molar-refractivity contribution is 7.17. The van der Waals surface area contributed by atoms with E-state index < -0.39 is 5.91 Å². The van der Waals surface area contributed by atoms with Crippen LogP contribution in [0.2, 0.25) is 0 Å². The summed E-state index contributed by atoms with van der Waals surface area (Å²) in [4.78, 5) is 19.9. The lowest BCUT2D eigenvalue weighted by Gasteiger charge is -1.96. The van der Waals surface area contributed by atoms with Crippen LogP contribution in [0.15, 0.2) is 18.3 Å². The number of hydrogen-bond acceptors (Lipinski definition) is 5. The number of aromatic nitrogens is 2. The molecule has 0 aliphatic heterocycles. The van der Waals surface area contributed by atoms with Gasteiger partial charge in [-0.05, 0) is 19.1 Å². The highest BCUT2D eigenvalue weighted by atomic mass is 32.1. The van der Waals surface area contributed by atoms with E-state index in [1.807, 2.05) is 19.1 Å². The van der Waals surface area contributed by atoms with Crippen molar-refractivity contribution in [2.75, 3.05) is 7.11 Å². The van der Waals surface area contributed by atoms with Gasteiger partial charge >= 0.3 is 0 Å². The predicted octanol–water partition coefficient (Wildman–Crippen LogP) is 1.62. The molecule has 0 aliphatic rings. The Kier molecular flexibility index (Phi) is 3.06. The van der Waals surface area contributed by atoms with Gasteiger partial charge in [0.05, 0.1) is 7.11 Å². The van der Waals surface area contributed by atoms with Crippen molar-refractivity contribution in [3.8, 4) is 16.5 Å². The molecule has 0 fully saturated rings. The Hall–Kier alpha value is -1.95. The molecular formula is C11H11N3O2S. The van der Waals surface area contributed by atoms with Gasteiger partial charge in [0.15, 0.2) is 4.88 Å². The molecule has 0 aliphatic carbocycles. The Labute approximate surface area is 102 Å². The van der Waals surface area contributed by atoms with Crippen molar-refractivity contribution in [1.82, 2.24) is 9.97 Å². The van der Waals surface area contributed by atoms with Crippen molar-refractivity contribution in [3.05, 3.63) is 28.9 Å². The lowest BCUT2D eigenvalue weighted by molar-refractivity contribution is 0.100. The zero-order valence-electron chi connectivity index (χ0n) is 9.43. The van der Waals surface area contributed by atoms with Crippen LogP contribution < -0.4 is 10.5 Å². The number of amides is 1. The summed E-state index contributed by atoms with van der Waals surface area (Å²) in [5, 5.41) is 0.696. The number of primary amides is 1. The highest BCUT2D eigenvalue weighted by Gasteiger charge is 2.17. The van der Waals surface area contributed by atoms with E-state index in [1.165, 1.54) is 18.4 Å². The van der Waals surface area contributed by atoms with Gasteiger partial charge in [-0.25, -0.2) is 4.98 Å². The number of hydrogen-bond donors (Lipinski definition) is 1. The Bertz CT molecular complexity index is 566. The van der Waals surface area contributed by atoms with Gasteiger partial charge in [0, 0.05) is 17.5 Å². The van der Waals surface area contributed by atoms with E-state index in [2.05, 4.69) is 9.97 Å². The first-order valence-corrected chi connectivity index (χ1v) is 5.71. The Balaban J connectivity index is 2.50. The fourth-order valence-electron chi connectivity index (χ4n) is 1.40. The number of nitrogens with two attached hydrogens (primary N) is 1. The molecule has 0 radical (unpaired) electrons. The molecule has 0 bridgehead atoms. The lowest BCUT2D eigenvalue weighted by atomic mass is 10.2. The molecule has 0 saturated carbocycles. The van der Waals surface area contributed by atoms with E-state index in [4.69, 9.17) is 10.5 Å². The summed E-state index contributed by atoms with van der Waals surface area (Å²) < 4.78 is 5.02. The van der Waals surface area contributed by atoms with Crippen LogP contribution in [0.3, 0.4) is 0 Å². The normalized spacial score (nSPS) is 10.2. The Morgan fingerprint density at radius 2 is 2.29 bits per heavy atom. The van der Waals surface area contributed by atoms with Gasteiger partial charge in [0.2, 0.25) is 5.88 Å². The molecule has 0 aromatic carbocycles. The van der Waals surface area contributed by atoms with Gasteiger partial charge in [-0.1, -0.05) is 0 Å². The van der Waals surface area contributed by atoms with E-state index in [9.17, 15) is 4.79 Å². The Morgan fingerprint density at radius 1 is 1.53 bits per heavy atom. The van der Waals surface area contributed by atoms with Gasteiger partial charge in [-0.3, -0.25) is 9.78 Å². The smallest absolute Gasteiger partial charge is 0.264 e. The standard InChI is InChI=1S/C11H11N3O2S/c1-6-5-7(3-4-13-6)11-14-10(16-2)8(17-11)9(12)15/h3-5H,1-2H3,(H2,12,15). The number of carbonyl (C=O) groups is 1. The molecule has 2 aromatic heterocycles. The number of pyridine rings is 1. The molecule has 6 heteroatoms. The molecule has 2 N–H and O–H groups in total. The maximum atomic E-state index is 11.2. The van der Waals surface area contributed by atoms with Gasteiger partial charge in [-0.2, -0.15) is 0 Å². The third-order valence-corrected chi connectivity index (χ3v) is 3.26. The molecule has 0 unspecified atom stereocenters. The van der Waals surface area contributed by atoms with Crippen LogP contribution in [0.25, 0.3) is 10.6 Å². The molecular weight excluding hydrogens is 238 g/mol. The minimum absolute atomic E-state index is 0.270. The lowest BCUT2D eigenvalue weighted by Crippen LogP contribution is -2.10. The molecule has 2 heterocycles. The van der Waals surface area contributed by atoms with Crippen molar-refractivity contribution in [3.63, 3.8) is 0 Å². The van der Waals surface area contributed by atoms with Crippen molar-refractivity contribution >= 4 is 17.2 Å². The molecule has 1 amide bonds. The molecule has 0 saturated heterocycles. The van der Waals surface area contributed by atoms with Crippen LogP contribution in [0.1, 0.15) is 15.4 Å². The van der Waals surface area contributed by atoms with E-state index in [-0.39, 0.29) is 5.88 Å². The molecule has 0 spiro atoms. The number of rotatable bonds is 3. The topological polar surface area (TPSA) is 78.1 Å². The second-order valence-electron chi connectivity index (χ2n) is 3.41. The van der Waals surface area contributed by atoms with Crippen LogP contribution in [0, 0.1) is 6.92 Å². The number of methoxy groups -OCH3 is 1. The number of nitrogens with zero attached hydrogens (tertiary/aromatic N) is 2. The van der Waals surface area contributed by atoms with Crippen molar-refractivity contribution in [1.29, 1.82) is 0 Å². The summed E-state index contributed by atoms with van der Waals surface area (Å²) in [7, 11) is 1.46. The third kappa shape index (κ3) is 2.26. The van der Waals surface area contributed by atoms with Gasteiger partial charge in [0.25, 0.3) is 5.91 Å². The molecule has 0 atom stereocenters. The molecule has 5 nitrogen and oxygen atoms in total. The van der Waals surface area contributed by atoms with Crippen LogP contribution in [-0.2, 0) is 0 Å². The summed E-state index contributed by atoms with van der Waals surface area (Å²) in [6, 6.07) is 3.72. The minimum Gasteiger partial charge on any atom is -0.480 e. The van der Waals surface area contributed by atoms with Crippen LogP contribution in [0.4, 0.5) is 0 Å². The van der Waals surface area contributed by atoms with Crippen LogP contribution in [0.5, 0.6) is 5.88 Å². The maximum absolute atomic E-state index is 11.2. The van der Waals surface area contributed by atoms with Crippen LogP contribution in [-0.4, -0.2) is 23.0 Å². The van der Waals surface area contributed by atoms with E-state index in [0.717, 1.165) is 11.3 Å². The summed E-state index contributed by atoms with van der Waals surface area (Å²) >= 11 is 1.22. The van der Waals surface area contributed by atoms with Gasteiger partial charge in [0.1, 0.15) is 5.01 Å². The summed E-state index contributed by atoms with van der Waals surface area (Å²) in [6.45, 7) is 1.89.